The van der Waals surface area contributed by atoms with E-state index >= 15 is 0 Å². The number of ether oxygens (including phenoxy) is 3. The molecule has 0 heterocycles. The lowest BCUT2D eigenvalue weighted by Gasteiger charge is -2.26. The Hall–Kier alpha value is -4.45. The van der Waals surface area contributed by atoms with E-state index in [4.69, 9.17) is 19.9 Å². The van der Waals surface area contributed by atoms with Gasteiger partial charge in [-0.2, -0.15) is 0 Å². The second-order valence-electron chi connectivity index (χ2n) is 13.1. The number of benzene rings is 2. The molecule has 272 valence electrons. The van der Waals surface area contributed by atoms with Crippen LogP contribution in [0.4, 0.5) is 5.69 Å². The van der Waals surface area contributed by atoms with Crippen molar-refractivity contribution in [1.82, 2.24) is 10.6 Å². The molecule has 2 aliphatic rings. The summed E-state index contributed by atoms with van der Waals surface area (Å²) in [6, 6.07) is 9.26. The molecule has 0 aromatic heterocycles. The topological polar surface area (TPSA) is 166 Å². The molecule has 2 aromatic rings. The van der Waals surface area contributed by atoms with E-state index in [9.17, 15) is 24.0 Å². The van der Waals surface area contributed by atoms with Crippen LogP contribution in [0.25, 0.3) is 0 Å². The molecule has 2 atom stereocenters. The van der Waals surface area contributed by atoms with Crippen LogP contribution in [0.15, 0.2) is 36.4 Å². The predicted molar refractivity (Wildman–Crippen MR) is 189 cm³/mol. The molecule has 4 N–H and O–H groups in total. The molecule has 0 bridgehead atoms. The minimum atomic E-state index is -0.894. The number of nitrogens with one attached hydrogen (secondary N) is 2. The average molecular weight is 693 g/mol. The number of nitrogens with zero attached hydrogens (tertiary/aromatic N) is 1. The molecule has 0 aliphatic heterocycles. The van der Waals surface area contributed by atoms with Gasteiger partial charge in [0.15, 0.2) is 0 Å². The summed E-state index contributed by atoms with van der Waals surface area (Å²) in [5.41, 5.74) is 9.17. The first-order chi connectivity index (χ1) is 24.1. The number of esters is 1. The third-order valence-corrected chi connectivity index (χ3v) is 9.29. The van der Waals surface area contributed by atoms with Crippen molar-refractivity contribution in [2.45, 2.75) is 97.1 Å². The zero-order valence-electron chi connectivity index (χ0n) is 29.6. The van der Waals surface area contributed by atoms with Gasteiger partial charge in [-0.1, -0.05) is 37.8 Å². The maximum atomic E-state index is 13.8. The van der Waals surface area contributed by atoms with Crippen molar-refractivity contribution in [2.75, 3.05) is 37.9 Å². The number of anilines is 1. The molecular weight excluding hydrogens is 640 g/mol. The van der Waals surface area contributed by atoms with Crippen LogP contribution in [0.5, 0.6) is 5.75 Å². The highest BCUT2D eigenvalue weighted by Crippen LogP contribution is 2.35. The molecule has 4 rings (SSSR count). The molecule has 12 heteroatoms. The smallest absolute Gasteiger partial charge is 0.326 e. The van der Waals surface area contributed by atoms with Gasteiger partial charge in [0, 0.05) is 25.6 Å². The maximum absolute atomic E-state index is 13.8. The zero-order chi connectivity index (χ0) is 36.0. The number of amides is 4. The molecule has 1 saturated carbocycles. The quantitative estimate of drug-likeness (QED) is 0.173. The molecule has 4 amide bonds. The Morgan fingerprint density at radius 1 is 0.940 bits per heavy atom. The second-order valence-corrected chi connectivity index (χ2v) is 13.1. The van der Waals surface area contributed by atoms with Crippen LogP contribution in [0.1, 0.15) is 105 Å². The van der Waals surface area contributed by atoms with Gasteiger partial charge in [-0.15, -0.1) is 0 Å². The summed E-state index contributed by atoms with van der Waals surface area (Å²) in [6.45, 7) is 5.44. The Morgan fingerprint density at radius 2 is 1.66 bits per heavy atom. The highest BCUT2D eigenvalue weighted by Gasteiger charge is 2.28. The van der Waals surface area contributed by atoms with Crippen molar-refractivity contribution in [2.24, 2.45) is 11.7 Å². The first kappa shape index (κ1) is 38.4. The van der Waals surface area contributed by atoms with Gasteiger partial charge in [0.1, 0.15) is 24.9 Å². The van der Waals surface area contributed by atoms with Crippen LogP contribution >= 0.6 is 0 Å². The van der Waals surface area contributed by atoms with E-state index in [-0.39, 0.29) is 38.0 Å². The number of nitrogens with two attached hydrogens (primary N) is 1. The number of carbonyl (C=O) groups excluding carboxylic acids is 5. The Kier molecular flexibility index (Phi) is 14.6. The summed E-state index contributed by atoms with van der Waals surface area (Å²) < 4.78 is 16.5. The van der Waals surface area contributed by atoms with Gasteiger partial charge in [0.05, 0.1) is 24.8 Å². The van der Waals surface area contributed by atoms with Crippen LogP contribution < -0.4 is 26.0 Å². The third kappa shape index (κ3) is 11.0. The maximum Gasteiger partial charge on any atom is 0.326 e. The highest BCUT2D eigenvalue weighted by molar-refractivity contribution is 5.98. The Morgan fingerprint density at radius 3 is 2.32 bits per heavy atom. The Labute approximate surface area is 294 Å². The van der Waals surface area contributed by atoms with E-state index in [0.29, 0.717) is 42.6 Å². The van der Waals surface area contributed by atoms with Crippen molar-refractivity contribution < 1.29 is 38.2 Å². The van der Waals surface area contributed by atoms with E-state index in [0.717, 1.165) is 48.8 Å². The first-order valence-corrected chi connectivity index (χ1v) is 17.9. The summed E-state index contributed by atoms with van der Waals surface area (Å²) in [5.74, 6) is -1.29. The fourth-order valence-corrected chi connectivity index (χ4v) is 6.72. The summed E-state index contributed by atoms with van der Waals surface area (Å²) >= 11 is 0. The molecule has 0 spiro atoms. The summed E-state index contributed by atoms with van der Waals surface area (Å²) in [6.07, 6.45) is 9.26. The molecule has 1 fully saturated rings. The lowest BCUT2D eigenvalue weighted by atomic mass is 9.90. The Balaban J connectivity index is 1.51. The van der Waals surface area contributed by atoms with Gasteiger partial charge in [0.25, 0.3) is 11.8 Å². The Bertz CT molecular complexity index is 1490. The lowest BCUT2D eigenvalue weighted by molar-refractivity contribution is -0.142. The fraction of sp³-hybridized carbons (Fsp3) is 0.553. The van der Waals surface area contributed by atoms with Crippen LogP contribution in [0.3, 0.4) is 0 Å². The molecule has 50 heavy (non-hydrogen) atoms. The van der Waals surface area contributed by atoms with Crippen molar-refractivity contribution >= 4 is 35.3 Å². The molecule has 12 nitrogen and oxygen atoms in total. The zero-order valence-corrected chi connectivity index (χ0v) is 29.6. The number of rotatable bonds is 16. The van der Waals surface area contributed by atoms with E-state index in [1.54, 1.807) is 44.2 Å². The second kappa shape index (κ2) is 19.1. The van der Waals surface area contributed by atoms with Crippen molar-refractivity contribution in [1.29, 1.82) is 0 Å². The van der Waals surface area contributed by atoms with E-state index in [1.165, 1.54) is 31.1 Å². The minimum absolute atomic E-state index is 0.177. The molecule has 0 radical (unpaired) electrons. The number of carbonyl (C=O) groups is 5. The fourth-order valence-electron chi connectivity index (χ4n) is 6.72. The normalized spacial score (nSPS) is 16.7. The largest absolute Gasteiger partial charge is 0.492 e. The number of hydrogen-bond donors (Lipinski definition) is 3. The van der Waals surface area contributed by atoms with Crippen molar-refractivity contribution in [3.05, 3.63) is 58.7 Å². The van der Waals surface area contributed by atoms with Crippen molar-refractivity contribution in [3.63, 3.8) is 0 Å². The SMILES string of the molecule is CCOCC(=O)N(CC(=O)OCC)c1ccc(C[C@H](NC(C)=O)C(=O)N[C@H]2CCCCc3cc(OCC4CCCCC4)c(C(N)=O)cc32)cc1. The molecule has 0 saturated heterocycles. The average Bonchev–Trinajstić information content (AvgIpc) is 3.29. The van der Waals surface area contributed by atoms with Crippen LogP contribution in [-0.2, 0) is 41.5 Å². The van der Waals surface area contributed by atoms with E-state index < -0.39 is 29.9 Å². The van der Waals surface area contributed by atoms with E-state index in [2.05, 4.69) is 10.6 Å². The predicted octanol–water partition coefficient (Wildman–Crippen LogP) is 4.31. The van der Waals surface area contributed by atoms with Crippen LogP contribution in [0, 0.1) is 5.92 Å². The van der Waals surface area contributed by atoms with Crippen LogP contribution in [0.2, 0.25) is 0 Å². The molecular formula is C38H52N4O8. The number of aryl methyl sites for hydroxylation is 1. The van der Waals surface area contributed by atoms with Crippen molar-refractivity contribution in [3.8, 4) is 5.75 Å². The minimum Gasteiger partial charge on any atom is -0.492 e. The molecule has 2 aromatic carbocycles. The first-order valence-electron chi connectivity index (χ1n) is 17.9. The monoisotopic (exact) mass is 692 g/mol. The van der Waals surface area contributed by atoms with E-state index in [1.807, 2.05) is 6.07 Å². The third-order valence-electron chi connectivity index (χ3n) is 9.29. The van der Waals surface area contributed by atoms with Gasteiger partial charge in [-0.05, 0) is 92.8 Å². The van der Waals surface area contributed by atoms with Gasteiger partial charge < -0.3 is 30.6 Å². The van der Waals surface area contributed by atoms with Gasteiger partial charge in [0.2, 0.25) is 11.8 Å². The number of fused-ring (bicyclic) bond motifs is 1. The lowest BCUT2D eigenvalue weighted by Crippen LogP contribution is -2.48. The molecule has 0 unspecified atom stereocenters. The number of hydrogen-bond acceptors (Lipinski definition) is 8. The summed E-state index contributed by atoms with van der Waals surface area (Å²) in [5, 5.41) is 5.92. The van der Waals surface area contributed by atoms with Gasteiger partial charge >= 0.3 is 5.97 Å². The molecule has 2 aliphatic carbocycles. The summed E-state index contributed by atoms with van der Waals surface area (Å²) in [7, 11) is 0. The summed E-state index contributed by atoms with van der Waals surface area (Å²) in [4.78, 5) is 65.0. The van der Waals surface area contributed by atoms with Gasteiger partial charge in [-0.25, -0.2) is 0 Å². The number of primary amides is 1. The highest BCUT2D eigenvalue weighted by atomic mass is 16.5. The van der Waals surface area contributed by atoms with Gasteiger partial charge in [-0.3, -0.25) is 28.9 Å². The van der Waals surface area contributed by atoms with Crippen LogP contribution in [-0.4, -0.2) is 68.6 Å². The standard InChI is InChI=1S/C38H52N4O8/c1-4-48-24-35(44)42(22-36(45)49-5-2)29-17-15-26(16-18-29)19-33(40-25(3)43)38(47)41-32-14-10-9-13-28-20-34(31(37(39)46)21-30(28)32)50-23-27-11-7-6-8-12-27/h15-18,20-21,27,32-33H,4-14,19,22-24H2,1-3H3,(H2,39,46)(H,40,43)(H,41,47)/t32-,33-/m0/s1.